The van der Waals surface area contributed by atoms with E-state index in [2.05, 4.69) is 14.9 Å². The third-order valence-electron chi connectivity index (χ3n) is 5.23. The molecule has 0 saturated carbocycles. The molecule has 1 saturated heterocycles. The molecular formula is C21H23Cl3N4O. The maximum absolute atomic E-state index is 6.35. The van der Waals surface area contributed by atoms with Crippen LogP contribution in [0.15, 0.2) is 42.7 Å². The Morgan fingerprint density at radius 3 is 2.62 bits per heavy atom. The van der Waals surface area contributed by atoms with Crippen LogP contribution in [0.4, 0.5) is 5.69 Å². The zero-order chi connectivity index (χ0) is 20.2. The quantitative estimate of drug-likeness (QED) is 0.456. The lowest BCUT2D eigenvalue weighted by Gasteiger charge is -2.36. The number of hydrogen-bond acceptors (Lipinski definition) is 4. The van der Waals surface area contributed by atoms with Gasteiger partial charge in [-0.2, -0.15) is 5.10 Å². The molecule has 3 aromatic rings. The average Bonchev–Trinajstić information content (AvgIpc) is 3.11. The van der Waals surface area contributed by atoms with Crippen molar-refractivity contribution < 1.29 is 4.74 Å². The Labute approximate surface area is 185 Å². The van der Waals surface area contributed by atoms with Gasteiger partial charge in [0, 0.05) is 38.4 Å². The molecule has 2 aromatic heterocycles. The standard InChI is InChI=1S/C21H23Cl3N4O/c22-17-4-3-5-19(21(17)24)27-11-9-26(10-12-27)7-1-2-13-29-16-6-8-28-20(14-16)18(23)15-25-28/h3-6,8,14-15H,1-2,7,9-13H2. The van der Waals surface area contributed by atoms with Crippen LogP contribution in [0.25, 0.3) is 5.52 Å². The fraction of sp³-hybridized carbons (Fsp3) is 0.381. The molecule has 0 atom stereocenters. The highest BCUT2D eigenvalue weighted by Crippen LogP contribution is 2.32. The van der Waals surface area contributed by atoms with Crippen molar-refractivity contribution in [2.75, 3.05) is 44.2 Å². The number of benzene rings is 1. The van der Waals surface area contributed by atoms with Gasteiger partial charge in [0.15, 0.2) is 0 Å². The van der Waals surface area contributed by atoms with Crippen molar-refractivity contribution in [1.29, 1.82) is 0 Å². The number of ether oxygens (including phenoxy) is 1. The zero-order valence-corrected chi connectivity index (χ0v) is 18.3. The minimum absolute atomic E-state index is 0.612. The number of anilines is 1. The van der Waals surface area contributed by atoms with Crippen LogP contribution in [0.1, 0.15) is 12.8 Å². The fourth-order valence-corrected chi connectivity index (χ4v) is 4.20. The molecule has 1 aliphatic rings. The number of unbranched alkanes of at least 4 members (excludes halogenated alkanes) is 1. The number of hydrogen-bond donors (Lipinski definition) is 0. The lowest BCUT2D eigenvalue weighted by Crippen LogP contribution is -2.46. The van der Waals surface area contributed by atoms with E-state index in [1.165, 1.54) is 0 Å². The van der Waals surface area contributed by atoms with Gasteiger partial charge in [-0.15, -0.1) is 0 Å². The molecule has 0 spiro atoms. The van der Waals surface area contributed by atoms with Gasteiger partial charge in [-0.05, 0) is 37.6 Å². The van der Waals surface area contributed by atoms with E-state index in [-0.39, 0.29) is 0 Å². The van der Waals surface area contributed by atoms with Crippen molar-refractivity contribution in [2.45, 2.75) is 12.8 Å². The lowest BCUT2D eigenvalue weighted by molar-refractivity contribution is 0.238. The number of piperazine rings is 1. The number of aromatic nitrogens is 2. The van der Waals surface area contributed by atoms with E-state index < -0.39 is 0 Å². The molecule has 0 N–H and O–H groups in total. The van der Waals surface area contributed by atoms with Crippen LogP contribution in [0, 0.1) is 0 Å². The number of rotatable bonds is 7. The van der Waals surface area contributed by atoms with E-state index >= 15 is 0 Å². The van der Waals surface area contributed by atoms with Crippen LogP contribution in [0.5, 0.6) is 5.75 Å². The smallest absolute Gasteiger partial charge is 0.123 e. The van der Waals surface area contributed by atoms with Crippen molar-refractivity contribution in [3.8, 4) is 5.75 Å². The van der Waals surface area contributed by atoms with Crippen LogP contribution in [-0.4, -0.2) is 53.8 Å². The highest BCUT2D eigenvalue weighted by molar-refractivity contribution is 6.43. The summed E-state index contributed by atoms with van der Waals surface area (Å²) >= 11 is 18.6. The van der Waals surface area contributed by atoms with Gasteiger partial charge >= 0.3 is 0 Å². The van der Waals surface area contributed by atoms with Crippen molar-refractivity contribution in [1.82, 2.24) is 14.5 Å². The van der Waals surface area contributed by atoms with Gasteiger partial charge in [0.2, 0.25) is 0 Å². The second-order valence-electron chi connectivity index (χ2n) is 7.14. The van der Waals surface area contributed by atoms with Crippen molar-refractivity contribution in [3.63, 3.8) is 0 Å². The summed E-state index contributed by atoms with van der Waals surface area (Å²) in [6.45, 7) is 5.75. The third kappa shape index (κ3) is 4.92. The van der Waals surface area contributed by atoms with E-state index in [0.29, 0.717) is 21.7 Å². The highest BCUT2D eigenvalue weighted by atomic mass is 35.5. The van der Waals surface area contributed by atoms with E-state index in [4.69, 9.17) is 39.5 Å². The first-order valence-electron chi connectivity index (χ1n) is 9.79. The maximum Gasteiger partial charge on any atom is 0.123 e. The molecule has 4 rings (SSSR count). The minimum atomic E-state index is 0.612. The van der Waals surface area contributed by atoms with Crippen LogP contribution >= 0.6 is 34.8 Å². The molecule has 0 bridgehead atoms. The SMILES string of the molecule is Clc1cccc(N2CCN(CCCCOc3ccn4ncc(Cl)c4c3)CC2)c1Cl. The molecule has 29 heavy (non-hydrogen) atoms. The summed E-state index contributed by atoms with van der Waals surface area (Å²) in [5.74, 6) is 0.826. The monoisotopic (exact) mass is 452 g/mol. The molecule has 0 unspecified atom stereocenters. The summed E-state index contributed by atoms with van der Waals surface area (Å²) in [6.07, 6.45) is 5.62. The number of pyridine rings is 1. The molecule has 0 aliphatic carbocycles. The molecule has 0 radical (unpaired) electrons. The first-order chi connectivity index (χ1) is 14.1. The number of halogens is 3. The van der Waals surface area contributed by atoms with E-state index in [1.807, 2.05) is 36.5 Å². The second-order valence-corrected chi connectivity index (χ2v) is 8.33. The zero-order valence-electron chi connectivity index (χ0n) is 16.0. The molecule has 1 aliphatic heterocycles. The molecule has 1 fully saturated rings. The summed E-state index contributed by atoms with van der Waals surface area (Å²) in [4.78, 5) is 4.80. The second kappa shape index (κ2) is 9.43. The molecule has 0 amide bonds. The Balaban J connectivity index is 1.17. The summed E-state index contributed by atoms with van der Waals surface area (Å²) in [6, 6.07) is 9.66. The first-order valence-corrected chi connectivity index (χ1v) is 10.9. The van der Waals surface area contributed by atoms with Gasteiger partial charge < -0.3 is 9.64 Å². The Morgan fingerprint density at radius 2 is 1.79 bits per heavy atom. The lowest BCUT2D eigenvalue weighted by atomic mass is 10.2. The Kier molecular flexibility index (Phi) is 6.70. The Hall–Kier alpha value is -1.66. The van der Waals surface area contributed by atoms with Crippen LogP contribution < -0.4 is 9.64 Å². The van der Waals surface area contributed by atoms with Gasteiger partial charge in [-0.1, -0.05) is 40.9 Å². The summed E-state index contributed by atoms with van der Waals surface area (Å²) < 4.78 is 7.61. The molecule has 8 heteroatoms. The maximum atomic E-state index is 6.35. The molecule has 5 nitrogen and oxygen atoms in total. The fourth-order valence-electron chi connectivity index (χ4n) is 3.60. The number of nitrogens with zero attached hydrogens (tertiary/aromatic N) is 4. The summed E-state index contributed by atoms with van der Waals surface area (Å²) in [5, 5.41) is 6.05. The molecule has 1 aromatic carbocycles. The van der Waals surface area contributed by atoms with E-state index in [0.717, 1.165) is 62.5 Å². The van der Waals surface area contributed by atoms with Gasteiger partial charge in [0.25, 0.3) is 0 Å². The molecule has 154 valence electrons. The van der Waals surface area contributed by atoms with Crippen molar-refractivity contribution in [2.24, 2.45) is 0 Å². The van der Waals surface area contributed by atoms with Gasteiger partial charge in [0.05, 0.1) is 39.1 Å². The minimum Gasteiger partial charge on any atom is -0.493 e. The Morgan fingerprint density at radius 1 is 0.966 bits per heavy atom. The highest BCUT2D eigenvalue weighted by Gasteiger charge is 2.19. The molecular weight excluding hydrogens is 431 g/mol. The van der Waals surface area contributed by atoms with Crippen LogP contribution in [0.3, 0.4) is 0 Å². The first kappa shape index (κ1) is 20.6. The summed E-state index contributed by atoms with van der Waals surface area (Å²) in [5.41, 5.74) is 1.89. The van der Waals surface area contributed by atoms with Crippen molar-refractivity contribution in [3.05, 3.63) is 57.8 Å². The summed E-state index contributed by atoms with van der Waals surface area (Å²) in [7, 11) is 0. The van der Waals surface area contributed by atoms with E-state index in [1.54, 1.807) is 10.7 Å². The van der Waals surface area contributed by atoms with E-state index in [9.17, 15) is 0 Å². The topological polar surface area (TPSA) is 33.0 Å². The predicted octanol–water partition coefficient (Wildman–Crippen LogP) is 5.28. The predicted molar refractivity (Wildman–Crippen MR) is 120 cm³/mol. The normalized spacial score (nSPS) is 15.2. The van der Waals surface area contributed by atoms with Crippen LogP contribution in [-0.2, 0) is 0 Å². The van der Waals surface area contributed by atoms with Gasteiger partial charge in [-0.25, -0.2) is 4.52 Å². The van der Waals surface area contributed by atoms with Gasteiger partial charge in [-0.3, -0.25) is 4.90 Å². The van der Waals surface area contributed by atoms with Crippen LogP contribution in [0.2, 0.25) is 15.1 Å². The largest absolute Gasteiger partial charge is 0.493 e. The molecule has 3 heterocycles. The average molecular weight is 454 g/mol. The van der Waals surface area contributed by atoms with Gasteiger partial charge in [0.1, 0.15) is 5.75 Å². The van der Waals surface area contributed by atoms with Crippen molar-refractivity contribution >= 4 is 46.0 Å². The third-order valence-corrected chi connectivity index (χ3v) is 6.33. The number of fused-ring (bicyclic) bond motifs is 1. The Bertz CT molecular complexity index is 970.